The Kier molecular flexibility index (Phi) is 5.55. The van der Waals surface area contributed by atoms with E-state index >= 15 is 0 Å². The second-order valence-corrected chi connectivity index (χ2v) is 7.51. The van der Waals surface area contributed by atoms with Crippen molar-refractivity contribution in [2.24, 2.45) is 0 Å². The van der Waals surface area contributed by atoms with Gasteiger partial charge in [0.15, 0.2) is 5.82 Å². The van der Waals surface area contributed by atoms with Gasteiger partial charge >= 0.3 is 0 Å². The van der Waals surface area contributed by atoms with Crippen LogP contribution >= 0.6 is 0 Å². The summed E-state index contributed by atoms with van der Waals surface area (Å²) in [6.07, 6.45) is 10.3. The molecule has 1 aliphatic heterocycles. The van der Waals surface area contributed by atoms with Gasteiger partial charge in [0.2, 0.25) is 0 Å². The lowest BCUT2D eigenvalue weighted by atomic mass is 10.0. The monoisotopic (exact) mass is 394 g/mol. The van der Waals surface area contributed by atoms with Crippen LogP contribution in [0.3, 0.4) is 0 Å². The van der Waals surface area contributed by atoms with Gasteiger partial charge in [-0.15, -0.1) is 0 Å². The lowest BCUT2D eigenvalue weighted by Gasteiger charge is -2.37. The van der Waals surface area contributed by atoms with Gasteiger partial charge in [-0.1, -0.05) is 0 Å². The summed E-state index contributed by atoms with van der Waals surface area (Å²) in [5.74, 6) is 2.23. The van der Waals surface area contributed by atoms with E-state index in [1.807, 2.05) is 32.2 Å². The van der Waals surface area contributed by atoms with Crippen LogP contribution in [0.25, 0.3) is 5.82 Å². The number of nitrogens with one attached hydrogen (secondary N) is 1. The highest BCUT2D eigenvalue weighted by Gasteiger charge is 2.24. The van der Waals surface area contributed by atoms with Crippen LogP contribution < -0.4 is 15.8 Å². The average molecular weight is 394 g/mol. The molecule has 1 aliphatic rings. The van der Waals surface area contributed by atoms with Crippen LogP contribution in [-0.4, -0.2) is 48.7 Å². The van der Waals surface area contributed by atoms with E-state index in [0.29, 0.717) is 11.6 Å². The summed E-state index contributed by atoms with van der Waals surface area (Å²) in [4.78, 5) is 23.2. The number of rotatable bonds is 6. The normalized spacial score (nSPS) is 16.9. The van der Waals surface area contributed by atoms with Crippen LogP contribution in [0.1, 0.15) is 39.2 Å². The van der Waals surface area contributed by atoms with E-state index in [9.17, 15) is 4.79 Å². The first-order valence-electron chi connectivity index (χ1n) is 10.0. The first-order valence-corrected chi connectivity index (χ1v) is 10.0. The summed E-state index contributed by atoms with van der Waals surface area (Å²) in [5, 5.41) is 12.2. The molecule has 0 aromatic carbocycles. The zero-order chi connectivity index (χ0) is 20.2. The maximum atomic E-state index is 12.1. The predicted octanol–water partition coefficient (Wildman–Crippen LogP) is 2.27. The van der Waals surface area contributed by atoms with E-state index in [1.54, 1.807) is 34.0 Å². The zero-order valence-corrected chi connectivity index (χ0v) is 16.8. The highest BCUT2D eigenvalue weighted by atomic mass is 16.1. The molecule has 1 atom stereocenters. The fourth-order valence-corrected chi connectivity index (χ4v) is 3.63. The van der Waals surface area contributed by atoms with Crippen molar-refractivity contribution in [2.75, 3.05) is 23.3 Å². The van der Waals surface area contributed by atoms with E-state index in [0.717, 1.165) is 31.7 Å². The third-order valence-electron chi connectivity index (χ3n) is 5.10. The number of anilines is 2. The van der Waals surface area contributed by atoms with E-state index < -0.39 is 0 Å². The Bertz CT molecular complexity index is 998. The van der Waals surface area contributed by atoms with E-state index in [4.69, 9.17) is 0 Å². The second kappa shape index (κ2) is 8.42. The first kappa shape index (κ1) is 19.1. The Hall–Kier alpha value is -3.23. The van der Waals surface area contributed by atoms with Gasteiger partial charge in [-0.2, -0.15) is 10.2 Å². The van der Waals surface area contributed by atoms with Crippen molar-refractivity contribution in [2.45, 2.75) is 45.2 Å². The van der Waals surface area contributed by atoms with Gasteiger partial charge in [-0.3, -0.25) is 9.78 Å². The fraction of sp³-hybridized carbons (Fsp3) is 0.450. The van der Waals surface area contributed by atoms with Crippen molar-refractivity contribution >= 4 is 11.6 Å². The number of piperidine rings is 1. The Balaban J connectivity index is 1.50. The van der Waals surface area contributed by atoms with Crippen molar-refractivity contribution in [1.82, 2.24) is 29.5 Å². The van der Waals surface area contributed by atoms with Crippen molar-refractivity contribution in [3.05, 3.63) is 53.3 Å². The van der Waals surface area contributed by atoms with Gasteiger partial charge in [-0.25, -0.2) is 14.3 Å². The van der Waals surface area contributed by atoms with Crippen LogP contribution in [0, 0.1) is 0 Å². The molecule has 0 saturated carbocycles. The molecule has 1 unspecified atom stereocenters. The molecule has 4 rings (SSSR count). The number of aromatic nitrogens is 6. The van der Waals surface area contributed by atoms with Gasteiger partial charge in [-0.05, 0) is 45.2 Å². The minimum Gasteiger partial charge on any atom is -0.367 e. The maximum Gasteiger partial charge on any atom is 0.267 e. The van der Waals surface area contributed by atoms with Crippen LogP contribution in [0.2, 0.25) is 0 Å². The molecule has 3 aromatic rings. The third kappa shape index (κ3) is 4.28. The van der Waals surface area contributed by atoms with Crippen LogP contribution in [-0.2, 0) is 0 Å². The summed E-state index contributed by atoms with van der Waals surface area (Å²) >= 11 is 0. The highest BCUT2D eigenvalue weighted by molar-refractivity contribution is 5.41. The van der Waals surface area contributed by atoms with Gasteiger partial charge in [0.1, 0.15) is 11.6 Å². The maximum absolute atomic E-state index is 12.1. The Morgan fingerprint density at radius 2 is 2.10 bits per heavy atom. The number of hydrogen-bond donors (Lipinski definition) is 1. The lowest BCUT2D eigenvalue weighted by molar-refractivity contribution is 0.451. The summed E-state index contributed by atoms with van der Waals surface area (Å²) in [5.41, 5.74) is -0.0684. The molecule has 1 N–H and O–H groups in total. The van der Waals surface area contributed by atoms with Crippen molar-refractivity contribution < 1.29 is 0 Å². The van der Waals surface area contributed by atoms with Gasteiger partial charge in [0.25, 0.3) is 5.56 Å². The molecule has 0 spiro atoms. The van der Waals surface area contributed by atoms with Gasteiger partial charge in [0, 0.05) is 37.6 Å². The topological polar surface area (TPSA) is 93.8 Å². The molecule has 152 valence electrons. The zero-order valence-electron chi connectivity index (χ0n) is 16.8. The van der Waals surface area contributed by atoms with E-state index in [2.05, 4.69) is 30.4 Å². The van der Waals surface area contributed by atoms with Crippen molar-refractivity contribution in [1.29, 1.82) is 0 Å². The molecular formula is C20H26N8O. The summed E-state index contributed by atoms with van der Waals surface area (Å²) in [6.45, 7) is 5.59. The van der Waals surface area contributed by atoms with Crippen molar-refractivity contribution in [3.8, 4) is 5.82 Å². The number of nitrogens with zero attached hydrogens (tertiary/aromatic N) is 7. The molecule has 0 aliphatic carbocycles. The smallest absolute Gasteiger partial charge is 0.267 e. The molecule has 0 amide bonds. The Labute approximate surface area is 169 Å². The largest absolute Gasteiger partial charge is 0.367 e. The number of hydrogen-bond acceptors (Lipinski definition) is 7. The molecule has 9 heteroatoms. The minimum absolute atomic E-state index is 0.0316. The Morgan fingerprint density at radius 1 is 1.21 bits per heavy atom. The lowest BCUT2D eigenvalue weighted by Crippen LogP contribution is -2.45. The SMILES string of the molecule is CC(C)n1nc(N2CCCCC2CNc2cncc(-n3cccn3)n2)ccc1=O. The highest BCUT2D eigenvalue weighted by Crippen LogP contribution is 2.23. The van der Waals surface area contributed by atoms with Crippen LogP contribution in [0.4, 0.5) is 11.6 Å². The second-order valence-electron chi connectivity index (χ2n) is 7.51. The van der Waals surface area contributed by atoms with Gasteiger partial charge in [0.05, 0.1) is 18.4 Å². The fourth-order valence-electron chi connectivity index (χ4n) is 3.63. The average Bonchev–Trinajstić information content (AvgIpc) is 3.28. The minimum atomic E-state index is -0.0684. The standard InChI is InChI=1S/C20H26N8O/c1-15(2)28-20(29)8-7-18(25-28)26-10-4-3-6-16(26)12-22-17-13-21-14-19(24-17)27-11-5-9-23-27/h5,7-9,11,13-16H,3-4,6,10,12H2,1-2H3,(H,22,24). The summed E-state index contributed by atoms with van der Waals surface area (Å²) in [7, 11) is 0. The molecule has 1 saturated heterocycles. The molecule has 29 heavy (non-hydrogen) atoms. The van der Waals surface area contributed by atoms with Crippen LogP contribution in [0.15, 0.2) is 47.8 Å². The van der Waals surface area contributed by atoms with Crippen molar-refractivity contribution in [3.63, 3.8) is 0 Å². The predicted molar refractivity (Wildman–Crippen MR) is 112 cm³/mol. The van der Waals surface area contributed by atoms with Gasteiger partial charge < -0.3 is 10.2 Å². The molecule has 1 fully saturated rings. The molecular weight excluding hydrogens is 368 g/mol. The molecule has 0 bridgehead atoms. The van der Waals surface area contributed by atoms with E-state index in [-0.39, 0.29) is 17.6 Å². The third-order valence-corrected chi connectivity index (χ3v) is 5.10. The molecule has 3 aromatic heterocycles. The van der Waals surface area contributed by atoms with Crippen LogP contribution in [0.5, 0.6) is 0 Å². The molecule has 9 nitrogen and oxygen atoms in total. The molecule has 0 radical (unpaired) electrons. The Morgan fingerprint density at radius 3 is 2.90 bits per heavy atom. The first-order chi connectivity index (χ1) is 14.1. The summed E-state index contributed by atoms with van der Waals surface area (Å²) < 4.78 is 3.23. The quantitative estimate of drug-likeness (QED) is 0.685. The van der Waals surface area contributed by atoms with E-state index in [1.165, 1.54) is 6.42 Å². The molecule has 4 heterocycles. The summed E-state index contributed by atoms with van der Waals surface area (Å²) in [6, 6.07) is 5.59.